The van der Waals surface area contributed by atoms with Gasteiger partial charge in [-0.25, -0.2) is 0 Å². The Morgan fingerprint density at radius 1 is 0.434 bits per heavy atom. The molecule has 2 aromatic heterocycles. The van der Waals surface area contributed by atoms with Crippen LogP contribution in [0.5, 0.6) is 0 Å². The number of hydrogen-bond donors (Lipinski definition) is 0. The Hall–Kier alpha value is -6.22. The van der Waals surface area contributed by atoms with E-state index in [1.807, 2.05) is 11.3 Å². The van der Waals surface area contributed by atoms with Gasteiger partial charge in [0.05, 0.1) is 0 Å². The minimum atomic E-state index is -0.0659. The van der Waals surface area contributed by atoms with Crippen molar-refractivity contribution in [2.45, 2.75) is 19.3 Å². The zero-order chi connectivity index (χ0) is 35.0. The Labute approximate surface area is 310 Å². The van der Waals surface area contributed by atoms with Crippen molar-refractivity contribution >= 4 is 85.8 Å². The molecule has 0 aliphatic heterocycles. The number of hydrogen-bond acceptors (Lipinski definition) is 2. The van der Waals surface area contributed by atoms with Gasteiger partial charge in [-0.3, -0.25) is 0 Å². The maximum absolute atomic E-state index is 6.77. The lowest BCUT2D eigenvalue weighted by Crippen LogP contribution is -2.14. The van der Waals surface area contributed by atoms with E-state index in [2.05, 4.69) is 172 Å². The molecule has 0 saturated carbocycles. The number of thiophene rings is 1. The van der Waals surface area contributed by atoms with E-state index < -0.39 is 0 Å². The summed E-state index contributed by atoms with van der Waals surface area (Å²) in [5.41, 5.74) is 12.3. The second kappa shape index (κ2) is 10.4. The first-order valence-corrected chi connectivity index (χ1v) is 19.2. The van der Waals surface area contributed by atoms with Crippen molar-refractivity contribution < 1.29 is 4.42 Å². The standard InChI is InChI=1S/C51H32OS/c1-51(2)40-19-9-7-17-37(40)48-39(18-11-20-41(48)51)47-34-15-5-3-13-32(34)45(33-14-4-6-16-35(33)47)30-23-26-38-43(28-30)52-42-27-24-29-22-25-36-31-12-8-10-21-44(31)53-50(36)46(29)49(38)42/h3-28H,1-2H3. The van der Waals surface area contributed by atoms with Crippen LogP contribution in [0.1, 0.15) is 25.0 Å². The van der Waals surface area contributed by atoms with Crippen LogP contribution in [0.15, 0.2) is 162 Å². The average Bonchev–Trinajstić information content (AvgIpc) is 3.84. The molecule has 0 bridgehead atoms. The molecule has 11 aromatic rings. The van der Waals surface area contributed by atoms with Crippen LogP contribution in [0.25, 0.3) is 108 Å². The monoisotopic (exact) mass is 692 g/mol. The molecule has 0 saturated heterocycles. The number of benzene rings is 9. The van der Waals surface area contributed by atoms with Crippen LogP contribution in [0.2, 0.25) is 0 Å². The largest absolute Gasteiger partial charge is 0.456 e. The third kappa shape index (κ3) is 3.86. The fraction of sp³-hybridized carbons (Fsp3) is 0.0588. The van der Waals surface area contributed by atoms with E-state index in [0.29, 0.717) is 0 Å². The maximum atomic E-state index is 6.77. The van der Waals surface area contributed by atoms with Crippen molar-refractivity contribution in [1.29, 1.82) is 0 Å². The molecule has 0 radical (unpaired) electrons. The van der Waals surface area contributed by atoms with Crippen molar-refractivity contribution in [3.63, 3.8) is 0 Å². The second-order valence-corrected chi connectivity index (χ2v) is 16.2. The summed E-state index contributed by atoms with van der Waals surface area (Å²) in [5, 5.41) is 12.5. The fourth-order valence-electron chi connectivity index (χ4n) is 9.71. The van der Waals surface area contributed by atoms with Gasteiger partial charge < -0.3 is 4.42 Å². The summed E-state index contributed by atoms with van der Waals surface area (Å²) in [4.78, 5) is 0. The summed E-state index contributed by atoms with van der Waals surface area (Å²) < 4.78 is 9.41. The normalized spacial score (nSPS) is 13.6. The molecule has 0 N–H and O–H groups in total. The minimum Gasteiger partial charge on any atom is -0.456 e. The molecule has 0 amide bonds. The van der Waals surface area contributed by atoms with E-state index in [-0.39, 0.29) is 5.41 Å². The van der Waals surface area contributed by atoms with Gasteiger partial charge in [0.2, 0.25) is 0 Å². The topological polar surface area (TPSA) is 13.1 Å². The quantitative estimate of drug-likeness (QED) is 0.164. The van der Waals surface area contributed by atoms with Crippen LogP contribution in [0.3, 0.4) is 0 Å². The summed E-state index contributed by atoms with van der Waals surface area (Å²) >= 11 is 1.88. The van der Waals surface area contributed by atoms with Crippen LogP contribution >= 0.6 is 11.3 Å². The van der Waals surface area contributed by atoms with Crippen LogP contribution < -0.4 is 0 Å². The van der Waals surface area contributed by atoms with Gasteiger partial charge in [-0.15, -0.1) is 11.3 Å². The summed E-state index contributed by atoms with van der Waals surface area (Å²) in [5.74, 6) is 0. The van der Waals surface area contributed by atoms with E-state index in [1.54, 1.807) is 0 Å². The summed E-state index contributed by atoms with van der Waals surface area (Å²) in [6.45, 7) is 4.73. The lowest BCUT2D eigenvalue weighted by atomic mass is 9.80. The zero-order valence-corrected chi connectivity index (χ0v) is 30.1. The highest BCUT2D eigenvalue weighted by Crippen LogP contribution is 2.54. The second-order valence-electron chi connectivity index (χ2n) is 15.1. The van der Waals surface area contributed by atoms with Gasteiger partial charge in [0, 0.05) is 41.7 Å². The third-order valence-corrected chi connectivity index (χ3v) is 13.3. The van der Waals surface area contributed by atoms with Gasteiger partial charge >= 0.3 is 0 Å². The Balaban J connectivity index is 1.14. The van der Waals surface area contributed by atoms with Gasteiger partial charge in [0.25, 0.3) is 0 Å². The van der Waals surface area contributed by atoms with Crippen LogP contribution in [0.4, 0.5) is 0 Å². The first-order valence-electron chi connectivity index (χ1n) is 18.4. The minimum absolute atomic E-state index is 0.0659. The molecule has 1 aliphatic carbocycles. The fourth-order valence-corrected chi connectivity index (χ4v) is 11.0. The molecular weight excluding hydrogens is 661 g/mol. The predicted molar refractivity (Wildman–Crippen MR) is 228 cm³/mol. The summed E-state index contributed by atoms with van der Waals surface area (Å²) in [6, 6.07) is 58.4. The lowest BCUT2D eigenvalue weighted by molar-refractivity contribution is 0.660. The molecule has 248 valence electrons. The van der Waals surface area contributed by atoms with Gasteiger partial charge in [0.15, 0.2) is 0 Å². The van der Waals surface area contributed by atoms with Crippen molar-refractivity contribution in [2.24, 2.45) is 0 Å². The SMILES string of the molecule is CC1(C)c2ccccc2-c2c(-c3c4ccccc4c(-c4ccc5c(c4)oc4ccc6ccc7c8ccccc8sc7c6c45)c4ccccc34)cccc21. The van der Waals surface area contributed by atoms with E-state index in [4.69, 9.17) is 4.42 Å². The van der Waals surface area contributed by atoms with Crippen LogP contribution in [-0.2, 0) is 5.41 Å². The molecule has 12 rings (SSSR count). The molecule has 0 spiro atoms. The predicted octanol–water partition coefficient (Wildman–Crippen LogP) is 15.1. The summed E-state index contributed by atoms with van der Waals surface area (Å²) in [7, 11) is 0. The highest BCUT2D eigenvalue weighted by Gasteiger charge is 2.37. The van der Waals surface area contributed by atoms with Crippen LogP contribution in [0, 0.1) is 0 Å². The average molecular weight is 693 g/mol. The van der Waals surface area contributed by atoms with E-state index >= 15 is 0 Å². The highest BCUT2D eigenvalue weighted by atomic mass is 32.1. The van der Waals surface area contributed by atoms with E-state index in [9.17, 15) is 0 Å². The molecule has 2 heterocycles. The van der Waals surface area contributed by atoms with Gasteiger partial charge in [-0.05, 0) is 95.7 Å². The van der Waals surface area contributed by atoms with E-state index in [1.165, 1.54) is 96.8 Å². The Morgan fingerprint density at radius 2 is 1.06 bits per heavy atom. The maximum Gasteiger partial charge on any atom is 0.136 e. The number of fused-ring (bicyclic) bond motifs is 14. The van der Waals surface area contributed by atoms with Crippen molar-refractivity contribution in [1.82, 2.24) is 0 Å². The smallest absolute Gasteiger partial charge is 0.136 e. The van der Waals surface area contributed by atoms with Crippen molar-refractivity contribution in [3.05, 3.63) is 169 Å². The summed E-state index contributed by atoms with van der Waals surface area (Å²) in [6.07, 6.45) is 0. The van der Waals surface area contributed by atoms with E-state index in [0.717, 1.165) is 22.1 Å². The van der Waals surface area contributed by atoms with Gasteiger partial charge in [-0.1, -0.05) is 147 Å². The van der Waals surface area contributed by atoms with Crippen LogP contribution in [-0.4, -0.2) is 0 Å². The molecule has 0 unspecified atom stereocenters. The highest BCUT2D eigenvalue weighted by molar-refractivity contribution is 7.26. The molecular formula is C51H32OS. The Kier molecular flexibility index (Phi) is 5.78. The molecule has 1 aliphatic rings. The molecule has 9 aromatic carbocycles. The Bertz CT molecular complexity index is 3320. The first-order chi connectivity index (χ1) is 26.1. The Morgan fingerprint density at radius 3 is 1.85 bits per heavy atom. The number of furan rings is 1. The zero-order valence-electron chi connectivity index (χ0n) is 29.3. The molecule has 0 fully saturated rings. The first kappa shape index (κ1) is 29.4. The third-order valence-electron chi connectivity index (χ3n) is 12.1. The van der Waals surface area contributed by atoms with Gasteiger partial charge in [-0.2, -0.15) is 0 Å². The van der Waals surface area contributed by atoms with Crippen molar-refractivity contribution in [3.8, 4) is 33.4 Å². The van der Waals surface area contributed by atoms with Gasteiger partial charge in [0.1, 0.15) is 11.2 Å². The molecule has 53 heavy (non-hydrogen) atoms. The molecule has 0 atom stereocenters. The van der Waals surface area contributed by atoms with Crippen molar-refractivity contribution in [2.75, 3.05) is 0 Å². The lowest BCUT2D eigenvalue weighted by Gasteiger charge is -2.22. The molecule has 1 nitrogen and oxygen atoms in total. The number of rotatable bonds is 2. The molecule has 2 heteroatoms.